The van der Waals surface area contributed by atoms with Crippen molar-refractivity contribution in [2.75, 3.05) is 26.2 Å². The van der Waals surface area contributed by atoms with Crippen LogP contribution in [-0.2, 0) is 24.2 Å². The van der Waals surface area contributed by atoms with E-state index in [4.69, 9.17) is 0 Å². The summed E-state index contributed by atoms with van der Waals surface area (Å²) in [5.74, 6) is 0.335. The third-order valence-electron chi connectivity index (χ3n) is 6.33. The number of amides is 1. The van der Waals surface area contributed by atoms with Crippen molar-refractivity contribution in [2.45, 2.75) is 58.5 Å². The van der Waals surface area contributed by atoms with Gasteiger partial charge in [-0.3, -0.25) is 19.1 Å². The molecule has 1 fully saturated rings. The molecule has 1 aliphatic carbocycles. The minimum Gasteiger partial charge on any atom is -0.340 e. The third kappa shape index (κ3) is 4.01. The van der Waals surface area contributed by atoms with Gasteiger partial charge in [0.1, 0.15) is 10.9 Å². The summed E-state index contributed by atoms with van der Waals surface area (Å²) in [6, 6.07) is 2.28. The number of piperazine rings is 1. The summed E-state index contributed by atoms with van der Waals surface area (Å²) in [4.78, 5) is 36.4. The van der Waals surface area contributed by atoms with E-state index >= 15 is 0 Å². The molecule has 1 unspecified atom stereocenters. The highest BCUT2D eigenvalue weighted by Crippen LogP contribution is 2.33. The van der Waals surface area contributed by atoms with Gasteiger partial charge >= 0.3 is 0 Å². The molecule has 8 heteroatoms. The van der Waals surface area contributed by atoms with Gasteiger partial charge in [0.2, 0.25) is 5.91 Å². The summed E-state index contributed by atoms with van der Waals surface area (Å²) in [6.07, 6.45) is 6.20. The Morgan fingerprint density at radius 1 is 1.23 bits per heavy atom. The number of carbonyl (C=O) groups is 1. The van der Waals surface area contributed by atoms with Gasteiger partial charge in [-0.25, -0.2) is 4.98 Å². The molecule has 160 valence electrons. The molecule has 2 aromatic rings. The second kappa shape index (κ2) is 8.86. The highest BCUT2D eigenvalue weighted by atomic mass is 32.1. The maximum atomic E-state index is 13.0. The van der Waals surface area contributed by atoms with E-state index in [1.54, 1.807) is 22.2 Å². The SMILES string of the molecule is CC(C)C(C#N)N1CCN(C(=O)CCn2cnc3sc4c(c3c2=O)CCCC4)CC1. The predicted molar refractivity (Wildman–Crippen MR) is 118 cm³/mol. The molecular formula is C22H29N5O2S. The zero-order chi connectivity index (χ0) is 21.3. The Morgan fingerprint density at radius 3 is 2.67 bits per heavy atom. The van der Waals surface area contributed by atoms with Crippen LogP contribution in [0.25, 0.3) is 10.2 Å². The van der Waals surface area contributed by atoms with Crippen LogP contribution in [-0.4, -0.2) is 57.5 Å². The summed E-state index contributed by atoms with van der Waals surface area (Å²) in [5, 5.41) is 10.2. The number of carbonyl (C=O) groups excluding carboxylic acids is 1. The first-order valence-corrected chi connectivity index (χ1v) is 11.7. The second-order valence-corrected chi connectivity index (χ2v) is 9.70. The van der Waals surface area contributed by atoms with E-state index in [2.05, 4.69) is 29.8 Å². The van der Waals surface area contributed by atoms with Gasteiger partial charge in [0.25, 0.3) is 5.56 Å². The highest BCUT2D eigenvalue weighted by molar-refractivity contribution is 7.18. The molecule has 0 bridgehead atoms. The lowest BCUT2D eigenvalue weighted by Gasteiger charge is -2.38. The molecule has 1 amide bonds. The molecule has 3 heterocycles. The van der Waals surface area contributed by atoms with Crippen LogP contribution < -0.4 is 5.56 Å². The summed E-state index contributed by atoms with van der Waals surface area (Å²) in [7, 11) is 0. The average Bonchev–Trinajstić information content (AvgIpc) is 3.13. The van der Waals surface area contributed by atoms with Gasteiger partial charge in [0, 0.05) is 44.0 Å². The Morgan fingerprint density at radius 2 is 1.97 bits per heavy atom. The molecule has 2 aliphatic rings. The number of hydrogen-bond donors (Lipinski definition) is 0. The van der Waals surface area contributed by atoms with Crippen LogP contribution in [0.4, 0.5) is 0 Å². The third-order valence-corrected chi connectivity index (χ3v) is 7.53. The smallest absolute Gasteiger partial charge is 0.262 e. The largest absolute Gasteiger partial charge is 0.340 e. The standard InChI is InChI=1S/C22H29N5O2S/c1-15(2)17(13-23)25-9-11-26(12-10-25)19(28)7-8-27-14-24-21-20(22(27)29)16-5-3-4-6-18(16)30-21/h14-15,17H,3-12H2,1-2H3. The van der Waals surface area contributed by atoms with Crippen molar-refractivity contribution < 1.29 is 4.79 Å². The van der Waals surface area contributed by atoms with E-state index in [9.17, 15) is 14.9 Å². The topological polar surface area (TPSA) is 82.2 Å². The summed E-state index contributed by atoms with van der Waals surface area (Å²) >= 11 is 1.65. The van der Waals surface area contributed by atoms with Crippen LogP contribution in [0.3, 0.4) is 0 Å². The summed E-state index contributed by atoms with van der Waals surface area (Å²) in [5.41, 5.74) is 1.18. The quantitative estimate of drug-likeness (QED) is 0.732. The van der Waals surface area contributed by atoms with Gasteiger partial charge in [0.05, 0.1) is 17.8 Å². The number of hydrogen-bond acceptors (Lipinski definition) is 6. The number of aromatic nitrogens is 2. The van der Waals surface area contributed by atoms with Crippen LogP contribution in [0.1, 0.15) is 43.6 Å². The van der Waals surface area contributed by atoms with Crippen molar-refractivity contribution in [1.29, 1.82) is 5.26 Å². The lowest BCUT2D eigenvalue weighted by atomic mass is 9.97. The molecular weight excluding hydrogens is 398 g/mol. The summed E-state index contributed by atoms with van der Waals surface area (Å²) < 4.78 is 1.60. The van der Waals surface area contributed by atoms with Gasteiger partial charge in [-0.1, -0.05) is 13.8 Å². The zero-order valence-corrected chi connectivity index (χ0v) is 18.6. The fourth-order valence-corrected chi connectivity index (χ4v) is 5.84. The molecule has 1 aliphatic heterocycles. The van der Waals surface area contributed by atoms with Crippen molar-refractivity contribution in [2.24, 2.45) is 5.92 Å². The molecule has 0 spiro atoms. The van der Waals surface area contributed by atoms with Crippen LogP contribution in [0, 0.1) is 17.2 Å². The first-order valence-electron chi connectivity index (χ1n) is 10.9. The van der Waals surface area contributed by atoms with Crippen molar-refractivity contribution >= 4 is 27.5 Å². The molecule has 0 radical (unpaired) electrons. The molecule has 0 aromatic carbocycles. The first-order chi connectivity index (χ1) is 14.5. The number of rotatable bonds is 5. The molecule has 0 N–H and O–H groups in total. The summed E-state index contributed by atoms with van der Waals surface area (Å²) in [6.45, 7) is 7.17. The van der Waals surface area contributed by atoms with Crippen molar-refractivity contribution in [3.63, 3.8) is 0 Å². The number of nitriles is 1. The average molecular weight is 428 g/mol. The minimum absolute atomic E-state index is 0.00850. The van der Waals surface area contributed by atoms with E-state index in [0.717, 1.165) is 42.6 Å². The Balaban J connectivity index is 1.39. The molecule has 1 saturated heterocycles. The number of fused-ring (bicyclic) bond motifs is 3. The molecule has 0 saturated carbocycles. The normalized spacial score (nSPS) is 18.4. The van der Waals surface area contributed by atoms with Crippen LogP contribution in [0.15, 0.2) is 11.1 Å². The van der Waals surface area contributed by atoms with E-state index in [0.29, 0.717) is 26.1 Å². The Bertz CT molecular complexity index is 1030. The van der Waals surface area contributed by atoms with Crippen molar-refractivity contribution in [3.8, 4) is 6.07 Å². The van der Waals surface area contributed by atoms with Crippen molar-refractivity contribution in [1.82, 2.24) is 19.4 Å². The number of aryl methyl sites for hydroxylation is 3. The molecule has 30 heavy (non-hydrogen) atoms. The van der Waals surface area contributed by atoms with E-state index in [1.807, 2.05) is 4.90 Å². The number of nitrogens with zero attached hydrogens (tertiary/aromatic N) is 5. The Kier molecular flexibility index (Phi) is 6.21. The molecule has 4 rings (SSSR count). The van der Waals surface area contributed by atoms with Crippen molar-refractivity contribution in [3.05, 3.63) is 27.1 Å². The maximum Gasteiger partial charge on any atom is 0.262 e. The fourth-order valence-electron chi connectivity index (χ4n) is 4.62. The zero-order valence-electron chi connectivity index (χ0n) is 17.8. The Labute approximate surface area is 180 Å². The maximum absolute atomic E-state index is 13.0. The molecule has 2 aromatic heterocycles. The first kappa shape index (κ1) is 21.0. The van der Waals surface area contributed by atoms with Gasteiger partial charge in [-0.15, -0.1) is 11.3 Å². The predicted octanol–water partition coefficient (Wildman–Crippen LogP) is 2.42. The van der Waals surface area contributed by atoms with E-state index in [-0.39, 0.29) is 23.4 Å². The Hall–Kier alpha value is -2.24. The van der Waals surface area contributed by atoms with Gasteiger partial charge < -0.3 is 4.90 Å². The van der Waals surface area contributed by atoms with Gasteiger partial charge in [-0.2, -0.15) is 5.26 Å². The van der Waals surface area contributed by atoms with Crippen LogP contribution >= 0.6 is 11.3 Å². The number of thiophene rings is 1. The minimum atomic E-state index is -0.102. The van der Waals surface area contributed by atoms with Gasteiger partial charge in [0.15, 0.2) is 0 Å². The lowest BCUT2D eigenvalue weighted by Crippen LogP contribution is -2.53. The lowest BCUT2D eigenvalue weighted by molar-refractivity contribution is -0.133. The highest BCUT2D eigenvalue weighted by Gasteiger charge is 2.27. The van der Waals surface area contributed by atoms with Crippen LogP contribution in [0.2, 0.25) is 0 Å². The molecule has 7 nitrogen and oxygen atoms in total. The van der Waals surface area contributed by atoms with Crippen LogP contribution in [0.5, 0.6) is 0 Å². The van der Waals surface area contributed by atoms with E-state index < -0.39 is 0 Å². The molecule has 1 atom stereocenters. The van der Waals surface area contributed by atoms with E-state index in [1.165, 1.54) is 16.9 Å². The van der Waals surface area contributed by atoms with Gasteiger partial charge in [-0.05, 0) is 37.2 Å². The fraction of sp³-hybridized carbons (Fsp3) is 0.636. The monoisotopic (exact) mass is 427 g/mol. The second-order valence-electron chi connectivity index (χ2n) is 8.62.